The standard InChI is InChI=1S/C16H24OSi/c1-8(2)16(17)18-13-7-11-6-12(13)15-10-4-3-9(5-10)14(11)15/h3-4,8-15H,5-7,18H2,1-2H3. The second-order valence-corrected chi connectivity index (χ2v) is 9.74. The first-order chi connectivity index (χ1) is 8.65. The molecule has 3 saturated carbocycles. The van der Waals surface area contributed by atoms with Gasteiger partial charge in [-0.15, -0.1) is 0 Å². The smallest absolute Gasteiger partial charge is 0.107 e. The minimum absolute atomic E-state index is 0.298. The first-order valence-corrected chi connectivity index (χ1v) is 9.38. The van der Waals surface area contributed by atoms with Crippen LogP contribution in [-0.2, 0) is 4.79 Å². The summed E-state index contributed by atoms with van der Waals surface area (Å²) < 4.78 is 0. The third kappa shape index (κ3) is 1.41. The third-order valence-electron chi connectivity index (χ3n) is 6.52. The summed E-state index contributed by atoms with van der Waals surface area (Å²) in [7, 11) is -0.478. The second kappa shape index (κ2) is 3.81. The molecule has 7 unspecified atom stereocenters. The molecule has 0 amide bonds. The summed E-state index contributed by atoms with van der Waals surface area (Å²) in [5.74, 6) is 6.11. The molecule has 0 N–H and O–H groups in total. The van der Waals surface area contributed by atoms with Gasteiger partial charge < -0.3 is 4.79 Å². The van der Waals surface area contributed by atoms with E-state index in [1.165, 1.54) is 19.3 Å². The van der Waals surface area contributed by atoms with Gasteiger partial charge in [0, 0.05) is 5.92 Å². The van der Waals surface area contributed by atoms with Crippen molar-refractivity contribution >= 4 is 14.9 Å². The topological polar surface area (TPSA) is 17.1 Å². The Morgan fingerprint density at radius 2 is 1.83 bits per heavy atom. The molecular formula is C16H24OSi. The number of fused-ring (bicyclic) bond motifs is 9. The van der Waals surface area contributed by atoms with Crippen molar-refractivity contribution in [3.8, 4) is 0 Å². The molecule has 98 valence electrons. The summed E-state index contributed by atoms with van der Waals surface area (Å²) in [6, 6.07) is 0. The Morgan fingerprint density at radius 3 is 2.56 bits per heavy atom. The highest BCUT2D eigenvalue weighted by molar-refractivity contribution is 6.75. The number of rotatable bonds is 3. The van der Waals surface area contributed by atoms with Crippen LogP contribution in [0.25, 0.3) is 0 Å². The molecule has 0 radical (unpaired) electrons. The van der Waals surface area contributed by atoms with Gasteiger partial charge in [-0.1, -0.05) is 26.0 Å². The van der Waals surface area contributed by atoms with Gasteiger partial charge in [0.1, 0.15) is 14.9 Å². The van der Waals surface area contributed by atoms with E-state index in [1.807, 2.05) is 0 Å². The lowest BCUT2D eigenvalue weighted by atomic mass is 9.73. The number of hydrogen-bond donors (Lipinski definition) is 0. The average molecular weight is 260 g/mol. The van der Waals surface area contributed by atoms with Crippen molar-refractivity contribution in [2.24, 2.45) is 41.4 Å². The molecular weight excluding hydrogens is 236 g/mol. The molecule has 0 saturated heterocycles. The quantitative estimate of drug-likeness (QED) is 0.433. The van der Waals surface area contributed by atoms with Crippen LogP contribution in [0.4, 0.5) is 0 Å². The number of hydrogen-bond acceptors (Lipinski definition) is 1. The summed E-state index contributed by atoms with van der Waals surface area (Å²) in [5, 5.41) is 0.641. The zero-order valence-corrected chi connectivity index (χ0v) is 12.9. The van der Waals surface area contributed by atoms with E-state index in [0.717, 1.165) is 41.0 Å². The summed E-state index contributed by atoms with van der Waals surface area (Å²) >= 11 is 0. The van der Waals surface area contributed by atoms with Gasteiger partial charge in [0.25, 0.3) is 0 Å². The van der Waals surface area contributed by atoms with Crippen LogP contribution >= 0.6 is 0 Å². The summed E-state index contributed by atoms with van der Waals surface area (Å²) in [6.07, 6.45) is 9.38. The fraction of sp³-hybridized carbons (Fsp3) is 0.812. The minimum atomic E-state index is -0.478. The Kier molecular flexibility index (Phi) is 2.43. The fourth-order valence-electron chi connectivity index (χ4n) is 5.88. The molecule has 2 heteroatoms. The van der Waals surface area contributed by atoms with Crippen molar-refractivity contribution in [2.45, 2.75) is 38.7 Å². The van der Waals surface area contributed by atoms with Crippen LogP contribution in [0.3, 0.4) is 0 Å². The van der Waals surface area contributed by atoms with Crippen LogP contribution in [0, 0.1) is 41.4 Å². The summed E-state index contributed by atoms with van der Waals surface area (Å²) in [5.41, 5.74) is 0.874. The average Bonchev–Trinajstić information content (AvgIpc) is 3.06. The molecule has 0 heterocycles. The summed E-state index contributed by atoms with van der Waals surface area (Å²) in [4.78, 5) is 12.1. The maximum absolute atomic E-state index is 12.1. The zero-order valence-electron chi connectivity index (χ0n) is 11.5. The van der Waals surface area contributed by atoms with Gasteiger partial charge in [0.2, 0.25) is 0 Å². The number of carbonyl (C=O) groups is 1. The van der Waals surface area contributed by atoms with E-state index in [2.05, 4.69) is 26.0 Å². The van der Waals surface area contributed by atoms with Crippen molar-refractivity contribution in [3.05, 3.63) is 12.2 Å². The first kappa shape index (κ1) is 11.5. The van der Waals surface area contributed by atoms with Gasteiger partial charge in [0.15, 0.2) is 0 Å². The van der Waals surface area contributed by atoms with Crippen molar-refractivity contribution in [1.82, 2.24) is 0 Å². The van der Waals surface area contributed by atoms with Crippen LogP contribution in [-0.4, -0.2) is 14.9 Å². The minimum Gasteiger partial charge on any atom is -0.306 e. The zero-order chi connectivity index (χ0) is 12.4. The SMILES string of the molecule is CC(C)C(=O)[SiH2]C1CC2CC1C1C3C=CC(C3)C21. The molecule has 0 aromatic rings. The lowest BCUT2D eigenvalue weighted by molar-refractivity contribution is -0.114. The molecule has 3 fully saturated rings. The molecule has 0 aromatic carbocycles. The molecule has 4 bridgehead atoms. The van der Waals surface area contributed by atoms with Crippen molar-refractivity contribution in [3.63, 3.8) is 0 Å². The van der Waals surface area contributed by atoms with E-state index in [-0.39, 0.29) is 0 Å². The van der Waals surface area contributed by atoms with E-state index in [4.69, 9.17) is 0 Å². The Labute approximate surface area is 112 Å². The lowest BCUT2D eigenvalue weighted by Gasteiger charge is -2.36. The molecule has 0 spiro atoms. The van der Waals surface area contributed by atoms with E-state index in [0.29, 0.717) is 11.3 Å². The normalized spacial score (nSPS) is 52.1. The third-order valence-corrected chi connectivity index (χ3v) is 9.20. The fourth-order valence-corrected chi connectivity index (χ4v) is 8.27. The Balaban J connectivity index is 1.52. The van der Waals surface area contributed by atoms with Gasteiger partial charge >= 0.3 is 0 Å². The van der Waals surface area contributed by atoms with Gasteiger partial charge in [-0.05, 0) is 60.3 Å². The van der Waals surface area contributed by atoms with E-state index in [9.17, 15) is 4.79 Å². The Morgan fingerprint density at radius 1 is 1.11 bits per heavy atom. The Hall–Kier alpha value is -0.373. The second-order valence-electron chi connectivity index (χ2n) is 7.58. The summed E-state index contributed by atoms with van der Waals surface area (Å²) in [6.45, 7) is 4.18. The highest BCUT2D eigenvalue weighted by Crippen LogP contribution is 2.68. The lowest BCUT2D eigenvalue weighted by Crippen LogP contribution is -2.33. The maximum Gasteiger partial charge on any atom is 0.107 e. The van der Waals surface area contributed by atoms with E-state index < -0.39 is 9.52 Å². The van der Waals surface area contributed by atoms with Crippen LogP contribution in [0.1, 0.15) is 33.1 Å². The maximum atomic E-state index is 12.1. The van der Waals surface area contributed by atoms with E-state index in [1.54, 1.807) is 0 Å². The number of carbonyl (C=O) groups excluding carboxylic acids is 1. The molecule has 1 nitrogen and oxygen atoms in total. The largest absolute Gasteiger partial charge is 0.306 e. The van der Waals surface area contributed by atoms with Gasteiger partial charge in [0.05, 0.1) is 0 Å². The van der Waals surface area contributed by atoms with Crippen molar-refractivity contribution < 1.29 is 4.79 Å². The molecule has 18 heavy (non-hydrogen) atoms. The highest BCUT2D eigenvalue weighted by Gasteiger charge is 2.60. The molecule has 4 aliphatic rings. The molecule has 0 aromatic heterocycles. The predicted molar refractivity (Wildman–Crippen MR) is 76.1 cm³/mol. The van der Waals surface area contributed by atoms with Crippen LogP contribution < -0.4 is 0 Å². The molecule has 0 aliphatic heterocycles. The first-order valence-electron chi connectivity index (χ1n) is 7.86. The van der Waals surface area contributed by atoms with Crippen LogP contribution in [0.5, 0.6) is 0 Å². The Bertz CT molecular complexity index is 413. The van der Waals surface area contributed by atoms with Gasteiger partial charge in [-0.25, -0.2) is 0 Å². The van der Waals surface area contributed by atoms with Gasteiger partial charge in [-0.2, -0.15) is 0 Å². The molecule has 4 rings (SSSR count). The van der Waals surface area contributed by atoms with Crippen LogP contribution in [0.15, 0.2) is 12.2 Å². The number of allylic oxidation sites excluding steroid dienone is 2. The van der Waals surface area contributed by atoms with Crippen molar-refractivity contribution in [1.29, 1.82) is 0 Å². The van der Waals surface area contributed by atoms with E-state index >= 15 is 0 Å². The highest BCUT2D eigenvalue weighted by atomic mass is 28.2. The van der Waals surface area contributed by atoms with Crippen molar-refractivity contribution in [2.75, 3.05) is 0 Å². The molecule has 4 aliphatic carbocycles. The van der Waals surface area contributed by atoms with Crippen LogP contribution in [0.2, 0.25) is 5.54 Å². The van der Waals surface area contributed by atoms with Gasteiger partial charge in [-0.3, -0.25) is 0 Å². The monoisotopic (exact) mass is 260 g/mol. The molecule has 7 atom stereocenters. The predicted octanol–water partition coefficient (Wildman–Crippen LogP) is 2.60.